The van der Waals surface area contributed by atoms with E-state index in [2.05, 4.69) is 9.97 Å². The highest BCUT2D eigenvalue weighted by atomic mass is 35.5. The van der Waals surface area contributed by atoms with Gasteiger partial charge in [0.05, 0.1) is 18.4 Å². The van der Waals surface area contributed by atoms with Crippen molar-refractivity contribution >= 4 is 28.7 Å². The lowest BCUT2D eigenvalue weighted by atomic mass is 9.81. The monoisotopic (exact) mass is 462 g/mol. The molecule has 2 aromatic carbocycles. The van der Waals surface area contributed by atoms with E-state index in [1.807, 2.05) is 47.8 Å². The smallest absolute Gasteiger partial charge is 0.258 e. The fourth-order valence-corrected chi connectivity index (χ4v) is 5.11. The SMILES string of the molecule is COc1ccc(C2CC(=O)c3cc(-c4nc(-c5cccc(Cl)c5)cs4)c(=O)[nH]c3C2)cc1. The van der Waals surface area contributed by atoms with E-state index in [1.54, 1.807) is 19.2 Å². The van der Waals surface area contributed by atoms with Crippen molar-refractivity contribution in [2.45, 2.75) is 18.8 Å². The van der Waals surface area contributed by atoms with E-state index in [1.165, 1.54) is 11.3 Å². The largest absolute Gasteiger partial charge is 0.497 e. The van der Waals surface area contributed by atoms with Gasteiger partial charge in [-0.15, -0.1) is 11.3 Å². The first-order chi connectivity index (χ1) is 15.5. The molecule has 7 heteroatoms. The Morgan fingerprint density at radius 2 is 1.88 bits per heavy atom. The van der Waals surface area contributed by atoms with Crippen molar-refractivity contribution in [3.8, 4) is 27.6 Å². The van der Waals surface area contributed by atoms with Crippen LogP contribution in [0.1, 0.15) is 34.0 Å². The molecular weight excluding hydrogens is 444 g/mol. The van der Waals surface area contributed by atoms with Crippen molar-refractivity contribution in [1.82, 2.24) is 9.97 Å². The van der Waals surface area contributed by atoms with Crippen molar-refractivity contribution in [3.63, 3.8) is 0 Å². The highest BCUT2D eigenvalue weighted by Gasteiger charge is 2.28. The number of carbonyl (C=O) groups excluding carboxylic acids is 1. The average Bonchev–Trinajstić information content (AvgIpc) is 3.29. The van der Waals surface area contributed by atoms with Gasteiger partial charge in [0.25, 0.3) is 5.56 Å². The summed E-state index contributed by atoms with van der Waals surface area (Å²) in [6, 6.07) is 16.8. The van der Waals surface area contributed by atoms with Gasteiger partial charge in [0, 0.05) is 33.6 Å². The number of halogens is 1. The van der Waals surface area contributed by atoms with Crippen LogP contribution in [0.4, 0.5) is 0 Å². The van der Waals surface area contributed by atoms with Gasteiger partial charge in [-0.05, 0) is 48.2 Å². The minimum atomic E-state index is -0.237. The summed E-state index contributed by atoms with van der Waals surface area (Å²) < 4.78 is 5.21. The molecule has 1 aliphatic rings. The Morgan fingerprint density at radius 1 is 1.06 bits per heavy atom. The van der Waals surface area contributed by atoms with E-state index < -0.39 is 0 Å². The van der Waals surface area contributed by atoms with E-state index in [-0.39, 0.29) is 17.3 Å². The van der Waals surface area contributed by atoms with Crippen molar-refractivity contribution in [2.24, 2.45) is 0 Å². The van der Waals surface area contributed by atoms with Gasteiger partial charge in [0.15, 0.2) is 5.78 Å². The molecule has 4 aromatic rings. The molecule has 0 radical (unpaired) electrons. The number of benzene rings is 2. The molecule has 1 atom stereocenters. The number of H-pyrrole nitrogens is 1. The summed E-state index contributed by atoms with van der Waals surface area (Å²) in [7, 11) is 1.62. The van der Waals surface area contributed by atoms with Crippen LogP contribution in [-0.4, -0.2) is 22.9 Å². The predicted octanol–water partition coefficient (Wildman–Crippen LogP) is 5.74. The van der Waals surface area contributed by atoms with E-state index in [9.17, 15) is 9.59 Å². The minimum Gasteiger partial charge on any atom is -0.497 e. The maximum absolute atomic E-state index is 13.0. The van der Waals surface area contributed by atoms with Gasteiger partial charge in [0.1, 0.15) is 10.8 Å². The zero-order chi connectivity index (χ0) is 22.2. The van der Waals surface area contributed by atoms with Crippen molar-refractivity contribution in [2.75, 3.05) is 7.11 Å². The van der Waals surface area contributed by atoms with Gasteiger partial charge >= 0.3 is 0 Å². The number of ether oxygens (including phenoxy) is 1. The van der Waals surface area contributed by atoms with Crippen LogP contribution in [0.3, 0.4) is 0 Å². The third-order valence-electron chi connectivity index (χ3n) is 5.75. The number of nitrogens with one attached hydrogen (secondary N) is 1. The van der Waals surface area contributed by atoms with Crippen molar-refractivity contribution in [3.05, 3.63) is 92.2 Å². The van der Waals surface area contributed by atoms with E-state index in [4.69, 9.17) is 16.3 Å². The second-order valence-electron chi connectivity index (χ2n) is 7.75. The Hall–Kier alpha value is -3.22. The first kappa shape index (κ1) is 20.7. The molecular formula is C25H19ClN2O3S. The molecule has 0 saturated carbocycles. The number of ketones is 1. The van der Waals surface area contributed by atoms with Gasteiger partial charge in [-0.25, -0.2) is 4.98 Å². The molecule has 0 spiro atoms. The summed E-state index contributed by atoms with van der Waals surface area (Å²) in [4.78, 5) is 33.4. The van der Waals surface area contributed by atoms with Crippen molar-refractivity contribution < 1.29 is 9.53 Å². The molecule has 5 nitrogen and oxygen atoms in total. The van der Waals surface area contributed by atoms with Gasteiger partial charge in [-0.3, -0.25) is 9.59 Å². The van der Waals surface area contributed by atoms with Crippen LogP contribution in [0, 0.1) is 0 Å². The lowest BCUT2D eigenvalue weighted by molar-refractivity contribution is 0.0963. The summed E-state index contributed by atoms with van der Waals surface area (Å²) in [5.74, 6) is 0.822. The molecule has 1 aliphatic carbocycles. The highest BCUT2D eigenvalue weighted by molar-refractivity contribution is 7.13. The summed E-state index contributed by atoms with van der Waals surface area (Å²) in [5, 5.41) is 3.09. The fourth-order valence-electron chi connectivity index (χ4n) is 4.08. The lowest BCUT2D eigenvalue weighted by Crippen LogP contribution is -2.24. The van der Waals surface area contributed by atoms with Gasteiger partial charge in [-0.1, -0.05) is 35.9 Å². The second-order valence-corrected chi connectivity index (χ2v) is 9.05. The van der Waals surface area contributed by atoms with E-state index in [0.717, 1.165) is 22.6 Å². The number of methoxy groups -OCH3 is 1. The Morgan fingerprint density at radius 3 is 2.62 bits per heavy atom. The number of aromatic amines is 1. The Kier molecular flexibility index (Phi) is 5.41. The maximum atomic E-state index is 13.0. The molecule has 0 saturated heterocycles. The van der Waals surface area contributed by atoms with Crippen LogP contribution in [-0.2, 0) is 6.42 Å². The quantitative estimate of drug-likeness (QED) is 0.419. The normalized spacial score (nSPS) is 15.4. The number of Topliss-reactive ketones (excluding diaryl/α,β-unsaturated/α-hetero) is 1. The molecule has 0 amide bonds. The minimum absolute atomic E-state index is 0.0242. The number of hydrogen-bond donors (Lipinski definition) is 1. The summed E-state index contributed by atoms with van der Waals surface area (Å²) in [5.41, 5.74) is 4.12. The van der Waals surface area contributed by atoms with Crippen LogP contribution in [0.15, 0.2) is 64.8 Å². The number of fused-ring (bicyclic) bond motifs is 1. The lowest BCUT2D eigenvalue weighted by Gasteiger charge is -2.24. The molecule has 0 bridgehead atoms. The summed E-state index contributed by atoms with van der Waals surface area (Å²) in [6.45, 7) is 0. The molecule has 5 rings (SSSR count). The number of thiazole rings is 1. The molecule has 0 fully saturated rings. The third kappa shape index (κ3) is 3.87. The van der Waals surface area contributed by atoms with Crippen LogP contribution in [0.5, 0.6) is 5.75 Å². The number of nitrogens with zero attached hydrogens (tertiary/aromatic N) is 1. The Labute approximate surface area is 193 Å². The first-order valence-corrected chi connectivity index (χ1v) is 11.4. The molecule has 2 heterocycles. The second kappa shape index (κ2) is 8.37. The predicted molar refractivity (Wildman–Crippen MR) is 127 cm³/mol. The third-order valence-corrected chi connectivity index (χ3v) is 6.86. The van der Waals surface area contributed by atoms with Crippen LogP contribution in [0.2, 0.25) is 5.02 Å². The van der Waals surface area contributed by atoms with Gasteiger partial charge in [-0.2, -0.15) is 0 Å². The van der Waals surface area contributed by atoms with Crippen LogP contribution >= 0.6 is 22.9 Å². The van der Waals surface area contributed by atoms with E-state index >= 15 is 0 Å². The van der Waals surface area contributed by atoms with Gasteiger partial charge in [0.2, 0.25) is 0 Å². The van der Waals surface area contributed by atoms with E-state index in [0.29, 0.717) is 39.7 Å². The molecule has 32 heavy (non-hydrogen) atoms. The number of hydrogen-bond acceptors (Lipinski definition) is 5. The number of pyridine rings is 1. The molecule has 160 valence electrons. The first-order valence-electron chi connectivity index (χ1n) is 10.2. The summed E-state index contributed by atoms with van der Waals surface area (Å²) >= 11 is 7.46. The molecule has 1 N–H and O–H groups in total. The van der Waals surface area contributed by atoms with Crippen LogP contribution < -0.4 is 10.3 Å². The van der Waals surface area contributed by atoms with Crippen LogP contribution in [0.25, 0.3) is 21.8 Å². The average molecular weight is 463 g/mol. The zero-order valence-corrected chi connectivity index (χ0v) is 18.8. The van der Waals surface area contributed by atoms with Crippen molar-refractivity contribution in [1.29, 1.82) is 0 Å². The van der Waals surface area contributed by atoms with Gasteiger partial charge < -0.3 is 9.72 Å². The number of carbonyl (C=O) groups is 1. The highest BCUT2D eigenvalue weighted by Crippen LogP contribution is 2.34. The topological polar surface area (TPSA) is 72.0 Å². The zero-order valence-electron chi connectivity index (χ0n) is 17.2. The Balaban J connectivity index is 1.47. The molecule has 2 aromatic heterocycles. The number of aromatic nitrogens is 2. The summed E-state index contributed by atoms with van der Waals surface area (Å²) in [6.07, 6.45) is 1.00. The molecule has 1 unspecified atom stereocenters. The standard InChI is InChI=1S/C25H19ClN2O3S/c1-31-18-7-5-14(6-8-18)16-10-21-19(23(29)11-16)12-20(24(30)27-21)25-28-22(13-32-25)15-3-2-4-17(26)9-15/h2-9,12-13,16H,10-11H2,1H3,(H,27,30). The molecule has 0 aliphatic heterocycles. The fraction of sp³-hybridized carbons (Fsp3) is 0.160. The number of rotatable bonds is 4. The Bertz CT molecular complexity index is 1370. The maximum Gasteiger partial charge on any atom is 0.258 e.